The molecule has 0 saturated carbocycles. The largest absolute Gasteiger partial charge is 0.505 e. The fourth-order valence-corrected chi connectivity index (χ4v) is 1.80. The van der Waals surface area contributed by atoms with Crippen molar-refractivity contribution in [3.05, 3.63) is 52.1 Å². The first-order valence-corrected chi connectivity index (χ1v) is 6.28. The average Bonchev–Trinajstić information content (AvgIpc) is 2.53. The molecule has 0 heterocycles. The summed E-state index contributed by atoms with van der Waals surface area (Å²) in [5, 5.41) is 20.4. The maximum absolute atomic E-state index is 10.6. The lowest BCUT2D eigenvalue weighted by Crippen LogP contribution is -1.92. The zero-order chi connectivity index (χ0) is 16.1. The topological polar surface area (TPSA) is 94.2 Å². The highest BCUT2D eigenvalue weighted by atomic mass is 16.6. The Balaban J connectivity index is 2.30. The second-order valence-corrected chi connectivity index (χ2v) is 4.30. The molecule has 0 saturated heterocycles. The maximum Gasteiger partial charge on any atom is 0.273 e. The molecule has 0 aromatic heterocycles. The second kappa shape index (κ2) is 6.57. The number of non-ortho nitro benzene ring substituents is 1. The van der Waals surface area contributed by atoms with Crippen molar-refractivity contribution in [1.29, 1.82) is 0 Å². The third-order valence-electron chi connectivity index (χ3n) is 2.95. The second-order valence-electron chi connectivity index (χ2n) is 4.30. The molecule has 0 aliphatic carbocycles. The number of methoxy groups -OCH3 is 2. The maximum atomic E-state index is 10.6. The number of aliphatic imine (C=N–C) groups is 1. The number of phenols is 1. The number of rotatable bonds is 5. The molecular formula is C15H14N2O5. The van der Waals surface area contributed by atoms with Crippen LogP contribution >= 0.6 is 0 Å². The van der Waals surface area contributed by atoms with Gasteiger partial charge in [-0.25, -0.2) is 0 Å². The molecule has 0 bridgehead atoms. The summed E-state index contributed by atoms with van der Waals surface area (Å²) in [4.78, 5) is 14.2. The van der Waals surface area contributed by atoms with Gasteiger partial charge in [-0.15, -0.1) is 0 Å². The van der Waals surface area contributed by atoms with Crippen LogP contribution in [0.2, 0.25) is 0 Å². The van der Waals surface area contributed by atoms with Gasteiger partial charge in [0.25, 0.3) is 5.69 Å². The first-order chi connectivity index (χ1) is 10.5. The van der Waals surface area contributed by atoms with Gasteiger partial charge in [-0.1, -0.05) is 0 Å². The molecule has 0 atom stereocenters. The molecule has 0 amide bonds. The molecule has 2 aromatic carbocycles. The number of hydrogen-bond acceptors (Lipinski definition) is 6. The lowest BCUT2D eigenvalue weighted by atomic mass is 10.2. The smallest absolute Gasteiger partial charge is 0.273 e. The Kier molecular flexibility index (Phi) is 4.57. The minimum absolute atomic E-state index is 0.196. The van der Waals surface area contributed by atoms with Crippen LogP contribution in [-0.4, -0.2) is 30.5 Å². The molecular weight excluding hydrogens is 288 g/mol. The van der Waals surface area contributed by atoms with Crippen molar-refractivity contribution in [2.75, 3.05) is 14.2 Å². The summed E-state index contributed by atoms with van der Waals surface area (Å²) in [6, 6.07) is 8.91. The van der Waals surface area contributed by atoms with E-state index in [1.165, 1.54) is 25.5 Å². The third kappa shape index (κ3) is 3.32. The number of nitro groups is 1. The molecule has 22 heavy (non-hydrogen) atoms. The van der Waals surface area contributed by atoms with Gasteiger partial charge in [0, 0.05) is 23.9 Å². The fraction of sp³-hybridized carbons (Fsp3) is 0.133. The summed E-state index contributed by atoms with van der Waals surface area (Å²) < 4.78 is 10.3. The zero-order valence-electron chi connectivity index (χ0n) is 12.0. The quantitative estimate of drug-likeness (QED) is 0.520. The summed E-state index contributed by atoms with van der Waals surface area (Å²) in [6.07, 6.45) is 1.50. The van der Waals surface area contributed by atoms with Crippen LogP contribution in [0.3, 0.4) is 0 Å². The first kappa shape index (κ1) is 15.3. The Morgan fingerprint density at radius 3 is 2.55 bits per heavy atom. The molecule has 2 rings (SSSR count). The summed E-state index contributed by atoms with van der Waals surface area (Å²) in [5.41, 5.74) is 0.711. The molecule has 0 aliphatic heterocycles. The normalized spacial score (nSPS) is 10.6. The summed E-state index contributed by atoms with van der Waals surface area (Å²) in [5.74, 6) is 0.939. The molecule has 1 N–H and O–H groups in total. The standard InChI is InChI=1S/C15H14N2O5/c1-21-12-5-3-10(15(8-12)22-2)9-16-13-6-4-11(17(19)20)7-14(13)18/h3-9,18H,1-2H3. The predicted molar refractivity (Wildman–Crippen MR) is 81.6 cm³/mol. The summed E-state index contributed by atoms with van der Waals surface area (Å²) in [6.45, 7) is 0. The van der Waals surface area contributed by atoms with E-state index in [0.29, 0.717) is 17.1 Å². The lowest BCUT2D eigenvalue weighted by Gasteiger charge is -2.07. The van der Waals surface area contributed by atoms with Crippen LogP contribution in [0.4, 0.5) is 11.4 Å². The van der Waals surface area contributed by atoms with Gasteiger partial charge >= 0.3 is 0 Å². The number of hydrogen-bond donors (Lipinski definition) is 1. The van der Waals surface area contributed by atoms with Gasteiger partial charge in [0.05, 0.1) is 25.2 Å². The molecule has 0 aliphatic rings. The molecule has 0 unspecified atom stereocenters. The van der Waals surface area contributed by atoms with E-state index in [4.69, 9.17) is 9.47 Å². The van der Waals surface area contributed by atoms with E-state index >= 15 is 0 Å². The molecule has 0 spiro atoms. The molecule has 2 aromatic rings. The van der Waals surface area contributed by atoms with Gasteiger partial charge in [0.1, 0.15) is 22.9 Å². The van der Waals surface area contributed by atoms with E-state index in [1.54, 1.807) is 25.3 Å². The van der Waals surface area contributed by atoms with Gasteiger partial charge in [-0.2, -0.15) is 0 Å². The van der Waals surface area contributed by atoms with Crippen LogP contribution in [0.5, 0.6) is 17.2 Å². The molecule has 0 radical (unpaired) electrons. The van der Waals surface area contributed by atoms with E-state index in [0.717, 1.165) is 6.07 Å². The third-order valence-corrected chi connectivity index (χ3v) is 2.95. The predicted octanol–water partition coefficient (Wildman–Crippen LogP) is 3.07. The van der Waals surface area contributed by atoms with Crippen LogP contribution in [0.25, 0.3) is 0 Å². The summed E-state index contributed by atoms with van der Waals surface area (Å²) in [7, 11) is 3.08. The van der Waals surface area contributed by atoms with Crippen molar-refractivity contribution in [3.63, 3.8) is 0 Å². The van der Waals surface area contributed by atoms with E-state index in [1.807, 2.05) is 0 Å². The van der Waals surface area contributed by atoms with Gasteiger partial charge in [0.15, 0.2) is 0 Å². The molecule has 0 fully saturated rings. The van der Waals surface area contributed by atoms with Crippen molar-refractivity contribution < 1.29 is 19.5 Å². The van der Waals surface area contributed by atoms with Crippen LogP contribution in [-0.2, 0) is 0 Å². The van der Waals surface area contributed by atoms with Crippen LogP contribution in [0.15, 0.2) is 41.4 Å². The molecule has 7 nitrogen and oxygen atoms in total. The highest BCUT2D eigenvalue weighted by Gasteiger charge is 2.09. The van der Waals surface area contributed by atoms with Crippen molar-refractivity contribution in [2.45, 2.75) is 0 Å². The highest BCUT2D eigenvalue weighted by Crippen LogP contribution is 2.31. The number of benzene rings is 2. The van der Waals surface area contributed by atoms with E-state index in [9.17, 15) is 15.2 Å². The first-order valence-electron chi connectivity index (χ1n) is 6.28. The zero-order valence-corrected chi connectivity index (χ0v) is 12.0. The number of ether oxygens (including phenoxy) is 2. The SMILES string of the molecule is COc1ccc(C=Nc2ccc([N+](=O)[O-])cc2O)c(OC)c1. The summed E-state index contributed by atoms with van der Waals surface area (Å²) >= 11 is 0. The molecule has 7 heteroatoms. The monoisotopic (exact) mass is 302 g/mol. The average molecular weight is 302 g/mol. The number of aromatic hydroxyl groups is 1. The highest BCUT2D eigenvalue weighted by molar-refractivity contribution is 5.86. The van der Waals surface area contributed by atoms with Crippen LogP contribution < -0.4 is 9.47 Å². The van der Waals surface area contributed by atoms with Crippen molar-refractivity contribution >= 4 is 17.6 Å². The van der Waals surface area contributed by atoms with Crippen molar-refractivity contribution in [2.24, 2.45) is 4.99 Å². The van der Waals surface area contributed by atoms with E-state index in [-0.39, 0.29) is 17.1 Å². The van der Waals surface area contributed by atoms with Crippen LogP contribution in [0, 0.1) is 10.1 Å². The van der Waals surface area contributed by atoms with Crippen molar-refractivity contribution in [3.8, 4) is 17.2 Å². The van der Waals surface area contributed by atoms with Crippen molar-refractivity contribution in [1.82, 2.24) is 0 Å². The lowest BCUT2D eigenvalue weighted by molar-refractivity contribution is -0.384. The number of nitrogens with zero attached hydrogens (tertiary/aromatic N) is 2. The van der Waals surface area contributed by atoms with Gasteiger partial charge in [-0.05, 0) is 18.2 Å². The van der Waals surface area contributed by atoms with E-state index in [2.05, 4.69) is 4.99 Å². The van der Waals surface area contributed by atoms with Gasteiger partial charge < -0.3 is 14.6 Å². The van der Waals surface area contributed by atoms with Crippen LogP contribution in [0.1, 0.15) is 5.56 Å². The molecule has 114 valence electrons. The van der Waals surface area contributed by atoms with Gasteiger partial charge in [-0.3, -0.25) is 15.1 Å². The van der Waals surface area contributed by atoms with E-state index < -0.39 is 4.92 Å². The number of nitro benzene ring substituents is 1. The fourth-order valence-electron chi connectivity index (χ4n) is 1.80. The Morgan fingerprint density at radius 1 is 1.18 bits per heavy atom. The number of phenolic OH excluding ortho intramolecular Hbond substituents is 1. The Hall–Kier alpha value is -3.09. The van der Waals surface area contributed by atoms with Gasteiger partial charge in [0.2, 0.25) is 0 Å². The minimum Gasteiger partial charge on any atom is -0.505 e. The Labute approximate surface area is 126 Å². The minimum atomic E-state index is -0.584. The Morgan fingerprint density at radius 2 is 1.95 bits per heavy atom. The Bertz CT molecular complexity index is 728.